The second-order valence-electron chi connectivity index (χ2n) is 4.55. The minimum atomic E-state index is 0.271. The number of thiocarbonyl (C=S) groups is 1. The summed E-state index contributed by atoms with van der Waals surface area (Å²) in [6, 6.07) is 15.1. The molecule has 2 aromatic carbocycles. The molecule has 0 radical (unpaired) electrons. The zero-order chi connectivity index (χ0) is 19.2. The standard InChI is InChI=1S/C17H18N4O2S.CH4O/c1-22-15-9-5-3-7-13(15)11-18-20-17(24)21-19-12-14-8-4-6-10-16(14)23-2;1-2/h3-12H,1-2H3,(H2,20,21,24);2H,1H3/b18-11+,19-12+;. The third-order valence-electron chi connectivity index (χ3n) is 3.02. The smallest absolute Gasteiger partial charge is 0.207 e. The maximum Gasteiger partial charge on any atom is 0.207 e. The molecule has 7 nitrogen and oxygen atoms in total. The Bertz CT molecular complexity index is 689. The first-order valence-corrected chi connectivity index (χ1v) is 7.98. The van der Waals surface area contributed by atoms with Gasteiger partial charge in [-0.1, -0.05) is 24.3 Å². The highest BCUT2D eigenvalue weighted by molar-refractivity contribution is 7.80. The van der Waals surface area contributed by atoms with E-state index in [2.05, 4.69) is 21.1 Å². The van der Waals surface area contributed by atoms with Crippen molar-refractivity contribution in [1.29, 1.82) is 0 Å². The molecule has 0 aliphatic heterocycles. The lowest BCUT2D eigenvalue weighted by Crippen LogP contribution is -2.28. The molecule has 0 bridgehead atoms. The number of ether oxygens (including phenoxy) is 2. The Hall–Kier alpha value is -2.97. The van der Waals surface area contributed by atoms with E-state index in [1.165, 1.54) is 0 Å². The average molecular weight is 374 g/mol. The fourth-order valence-electron chi connectivity index (χ4n) is 1.89. The SMILES string of the molecule is CO.COc1ccccc1/C=N/NC(=S)N/N=C/c1ccccc1OC. The molecule has 0 spiro atoms. The van der Waals surface area contributed by atoms with Crippen LogP contribution in [-0.4, -0.2) is 44.0 Å². The maximum atomic E-state index is 7.00. The van der Waals surface area contributed by atoms with Crippen LogP contribution in [0.15, 0.2) is 58.7 Å². The quantitative estimate of drug-likeness (QED) is 0.408. The fourth-order valence-corrected chi connectivity index (χ4v) is 2.00. The third-order valence-corrected chi connectivity index (χ3v) is 3.20. The summed E-state index contributed by atoms with van der Waals surface area (Å²) in [5.74, 6) is 1.47. The molecule has 8 heteroatoms. The van der Waals surface area contributed by atoms with Crippen molar-refractivity contribution in [1.82, 2.24) is 10.9 Å². The summed E-state index contributed by atoms with van der Waals surface area (Å²) in [4.78, 5) is 0. The van der Waals surface area contributed by atoms with Crippen LogP contribution in [-0.2, 0) is 0 Å². The second-order valence-corrected chi connectivity index (χ2v) is 4.96. The van der Waals surface area contributed by atoms with Crippen molar-refractivity contribution in [2.75, 3.05) is 21.3 Å². The van der Waals surface area contributed by atoms with Gasteiger partial charge < -0.3 is 14.6 Å². The minimum absolute atomic E-state index is 0.271. The van der Waals surface area contributed by atoms with Gasteiger partial charge in [0.2, 0.25) is 5.11 Å². The third kappa shape index (κ3) is 6.88. The van der Waals surface area contributed by atoms with Crippen LogP contribution in [0.4, 0.5) is 0 Å². The van der Waals surface area contributed by atoms with Crippen molar-refractivity contribution in [2.24, 2.45) is 10.2 Å². The van der Waals surface area contributed by atoms with E-state index in [4.69, 9.17) is 26.8 Å². The van der Waals surface area contributed by atoms with Gasteiger partial charge in [0.25, 0.3) is 0 Å². The number of para-hydroxylation sites is 2. The molecule has 3 N–H and O–H groups in total. The number of benzene rings is 2. The van der Waals surface area contributed by atoms with Crippen LogP contribution in [0, 0.1) is 0 Å². The molecule has 138 valence electrons. The predicted molar refractivity (Wildman–Crippen MR) is 108 cm³/mol. The zero-order valence-corrected chi connectivity index (χ0v) is 15.7. The van der Waals surface area contributed by atoms with Crippen LogP contribution >= 0.6 is 12.2 Å². The summed E-state index contributed by atoms with van der Waals surface area (Å²) in [6.45, 7) is 0. The Labute approximate surface area is 158 Å². The van der Waals surface area contributed by atoms with Crippen molar-refractivity contribution in [3.8, 4) is 11.5 Å². The van der Waals surface area contributed by atoms with Crippen molar-refractivity contribution < 1.29 is 14.6 Å². The van der Waals surface area contributed by atoms with Crippen molar-refractivity contribution >= 4 is 29.8 Å². The topological polar surface area (TPSA) is 87.5 Å². The number of methoxy groups -OCH3 is 2. The monoisotopic (exact) mass is 374 g/mol. The summed E-state index contributed by atoms with van der Waals surface area (Å²) in [7, 11) is 4.22. The number of aliphatic hydroxyl groups excluding tert-OH is 1. The van der Waals surface area contributed by atoms with Gasteiger partial charge in [-0.25, -0.2) is 0 Å². The number of rotatable bonds is 6. The maximum absolute atomic E-state index is 7.00. The number of hydrogen-bond donors (Lipinski definition) is 3. The van der Waals surface area contributed by atoms with E-state index in [0.29, 0.717) is 0 Å². The first kappa shape index (κ1) is 21.1. The Balaban J connectivity index is 0.00000163. The molecular formula is C18H22N4O3S. The first-order chi connectivity index (χ1) is 12.7. The predicted octanol–water partition coefficient (Wildman–Crippen LogP) is 2.14. The summed E-state index contributed by atoms with van der Waals surface area (Å²) in [6.07, 6.45) is 3.24. The highest BCUT2D eigenvalue weighted by atomic mass is 32.1. The van der Waals surface area contributed by atoms with Gasteiger partial charge in [0.05, 0.1) is 26.6 Å². The van der Waals surface area contributed by atoms with Gasteiger partial charge in [0.1, 0.15) is 11.5 Å². The van der Waals surface area contributed by atoms with E-state index >= 15 is 0 Å². The molecule has 2 rings (SSSR count). The molecule has 0 aliphatic carbocycles. The van der Waals surface area contributed by atoms with Crippen molar-refractivity contribution in [3.05, 3.63) is 59.7 Å². The molecule has 0 aliphatic rings. The molecule has 0 saturated carbocycles. The number of nitrogens with zero attached hydrogens (tertiary/aromatic N) is 2. The van der Waals surface area contributed by atoms with Crippen molar-refractivity contribution in [3.63, 3.8) is 0 Å². The largest absolute Gasteiger partial charge is 0.496 e. The molecule has 0 saturated heterocycles. The van der Waals surface area contributed by atoms with Crippen LogP contribution in [0.1, 0.15) is 11.1 Å². The summed E-state index contributed by atoms with van der Waals surface area (Å²) < 4.78 is 10.5. The lowest BCUT2D eigenvalue weighted by Gasteiger charge is -2.05. The van der Waals surface area contributed by atoms with Crippen LogP contribution in [0.5, 0.6) is 11.5 Å². The van der Waals surface area contributed by atoms with Gasteiger partial charge in [-0.15, -0.1) is 0 Å². The molecule has 0 fully saturated rings. The second kappa shape index (κ2) is 12.4. The lowest BCUT2D eigenvalue weighted by atomic mass is 10.2. The Morgan fingerprint density at radius 1 is 0.846 bits per heavy atom. The van der Waals surface area contributed by atoms with Crippen LogP contribution < -0.4 is 20.3 Å². The van der Waals surface area contributed by atoms with Gasteiger partial charge in [-0.3, -0.25) is 10.9 Å². The summed E-state index contributed by atoms with van der Waals surface area (Å²) in [5, 5.41) is 15.4. The highest BCUT2D eigenvalue weighted by Crippen LogP contribution is 2.15. The van der Waals surface area contributed by atoms with E-state index in [-0.39, 0.29) is 5.11 Å². The molecule has 2 aromatic rings. The highest BCUT2D eigenvalue weighted by Gasteiger charge is 1.99. The minimum Gasteiger partial charge on any atom is -0.496 e. The fraction of sp³-hybridized carbons (Fsp3) is 0.167. The molecule has 0 amide bonds. The van der Waals surface area contributed by atoms with Crippen LogP contribution in [0.25, 0.3) is 0 Å². The van der Waals surface area contributed by atoms with Gasteiger partial charge in [0, 0.05) is 18.2 Å². The van der Waals surface area contributed by atoms with Crippen molar-refractivity contribution in [2.45, 2.75) is 0 Å². The van der Waals surface area contributed by atoms with Gasteiger partial charge in [-0.2, -0.15) is 10.2 Å². The molecular weight excluding hydrogens is 352 g/mol. The first-order valence-electron chi connectivity index (χ1n) is 7.57. The van der Waals surface area contributed by atoms with Gasteiger partial charge in [0.15, 0.2) is 0 Å². The summed E-state index contributed by atoms with van der Waals surface area (Å²) in [5.41, 5.74) is 7.05. The van der Waals surface area contributed by atoms with Gasteiger partial charge in [-0.05, 0) is 36.5 Å². The van der Waals surface area contributed by atoms with Gasteiger partial charge >= 0.3 is 0 Å². The number of nitrogens with one attached hydrogen (secondary N) is 2. The van der Waals surface area contributed by atoms with Crippen LogP contribution in [0.3, 0.4) is 0 Å². The molecule has 26 heavy (non-hydrogen) atoms. The number of hydrogen-bond acceptors (Lipinski definition) is 6. The number of hydrazone groups is 2. The Kier molecular flexibility index (Phi) is 10.1. The molecule has 0 unspecified atom stereocenters. The number of aliphatic hydroxyl groups is 1. The average Bonchev–Trinajstić information content (AvgIpc) is 2.70. The van der Waals surface area contributed by atoms with E-state index < -0.39 is 0 Å². The Morgan fingerprint density at radius 3 is 1.62 bits per heavy atom. The molecule has 0 atom stereocenters. The normalized spacial score (nSPS) is 10.2. The summed E-state index contributed by atoms with van der Waals surface area (Å²) >= 11 is 5.10. The van der Waals surface area contributed by atoms with E-state index in [1.807, 2.05) is 48.5 Å². The van der Waals surface area contributed by atoms with E-state index in [9.17, 15) is 0 Å². The molecule has 0 aromatic heterocycles. The molecule has 0 heterocycles. The van der Waals surface area contributed by atoms with E-state index in [0.717, 1.165) is 29.7 Å². The lowest BCUT2D eigenvalue weighted by molar-refractivity contribution is 0.399. The van der Waals surface area contributed by atoms with E-state index in [1.54, 1.807) is 26.6 Å². The Morgan fingerprint density at radius 2 is 1.23 bits per heavy atom. The zero-order valence-electron chi connectivity index (χ0n) is 14.8. The van der Waals surface area contributed by atoms with Crippen LogP contribution in [0.2, 0.25) is 0 Å².